The molecule has 0 radical (unpaired) electrons. The minimum absolute atomic E-state index is 0.727. The number of rotatable bonds is 1. The highest BCUT2D eigenvalue weighted by atomic mass is 15.1. The molecule has 4 heteroatoms. The molecular formula is C13H12N4. The van der Waals surface area contributed by atoms with Crippen LogP contribution in [0.1, 0.15) is 0 Å². The number of benzene rings is 2. The van der Waals surface area contributed by atoms with E-state index in [2.05, 4.69) is 10.2 Å². The normalized spacial score (nSPS) is 10.8. The highest BCUT2D eigenvalue weighted by molar-refractivity contribution is 5.94. The zero-order chi connectivity index (χ0) is 11.8. The Morgan fingerprint density at radius 2 is 1.59 bits per heavy atom. The number of hydrogen-bond donors (Lipinski definition) is 3. The fourth-order valence-corrected chi connectivity index (χ4v) is 1.90. The van der Waals surface area contributed by atoms with Crippen molar-refractivity contribution >= 4 is 22.3 Å². The maximum atomic E-state index is 5.73. The number of nitrogens with zero attached hydrogens (tertiary/aromatic N) is 1. The Labute approximate surface area is 98.2 Å². The Bertz CT molecular complexity index is 667. The lowest BCUT2D eigenvalue weighted by atomic mass is 10.1. The predicted octanol–water partition coefficient (Wildman–Crippen LogP) is 2.39. The minimum atomic E-state index is 0.727. The third kappa shape index (κ3) is 1.59. The first-order chi connectivity index (χ1) is 8.24. The predicted molar refractivity (Wildman–Crippen MR) is 70.4 cm³/mol. The molecule has 4 nitrogen and oxygen atoms in total. The fourth-order valence-electron chi connectivity index (χ4n) is 1.90. The molecule has 0 aliphatic heterocycles. The van der Waals surface area contributed by atoms with Crippen molar-refractivity contribution in [2.45, 2.75) is 0 Å². The Balaban J connectivity index is 2.21. The number of aromatic amines is 1. The van der Waals surface area contributed by atoms with Crippen LogP contribution in [0.2, 0.25) is 0 Å². The molecule has 0 saturated carbocycles. The van der Waals surface area contributed by atoms with E-state index in [-0.39, 0.29) is 0 Å². The van der Waals surface area contributed by atoms with E-state index in [1.807, 2.05) is 42.5 Å². The molecule has 3 rings (SSSR count). The van der Waals surface area contributed by atoms with Gasteiger partial charge in [-0.05, 0) is 30.3 Å². The van der Waals surface area contributed by atoms with E-state index in [4.69, 9.17) is 11.5 Å². The highest BCUT2D eigenvalue weighted by Gasteiger charge is 2.07. The lowest BCUT2D eigenvalue weighted by molar-refractivity contribution is 1.12. The number of aromatic nitrogens is 2. The van der Waals surface area contributed by atoms with Crippen LogP contribution in [0, 0.1) is 0 Å². The molecule has 0 fully saturated rings. The van der Waals surface area contributed by atoms with Crippen LogP contribution in [0.15, 0.2) is 42.5 Å². The molecule has 0 unspecified atom stereocenters. The molecule has 5 N–H and O–H groups in total. The summed E-state index contributed by atoms with van der Waals surface area (Å²) in [6, 6.07) is 13.4. The first-order valence-electron chi connectivity index (χ1n) is 5.33. The number of fused-ring (bicyclic) bond motifs is 1. The van der Waals surface area contributed by atoms with Crippen LogP contribution in [0.3, 0.4) is 0 Å². The summed E-state index contributed by atoms with van der Waals surface area (Å²) >= 11 is 0. The van der Waals surface area contributed by atoms with E-state index < -0.39 is 0 Å². The average Bonchev–Trinajstić information content (AvgIpc) is 2.73. The van der Waals surface area contributed by atoms with Crippen LogP contribution in [0.4, 0.5) is 11.4 Å². The van der Waals surface area contributed by atoms with E-state index >= 15 is 0 Å². The van der Waals surface area contributed by atoms with Crippen molar-refractivity contribution in [1.29, 1.82) is 0 Å². The van der Waals surface area contributed by atoms with Gasteiger partial charge in [-0.15, -0.1) is 0 Å². The Kier molecular flexibility index (Phi) is 2.01. The molecule has 0 atom stereocenters. The second-order valence-electron chi connectivity index (χ2n) is 4.00. The first kappa shape index (κ1) is 9.72. The van der Waals surface area contributed by atoms with Crippen molar-refractivity contribution in [1.82, 2.24) is 10.2 Å². The van der Waals surface area contributed by atoms with E-state index in [1.165, 1.54) is 0 Å². The zero-order valence-corrected chi connectivity index (χ0v) is 9.14. The molecule has 3 aromatic rings. The van der Waals surface area contributed by atoms with Gasteiger partial charge in [-0.1, -0.05) is 12.1 Å². The number of hydrogen-bond acceptors (Lipinski definition) is 3. The van der Waals surface area contributed by atoms with Gasteiger partial charge in [-0.25, -0.2) is 0 Å². The number of H-pyrrole nitrogens is 1. The maximum Gasteiger partial charge on any atom is 0.0999 e. The van der Waals surface area contributed by atoms with Crippen LogP contribution in [-0.4, -0.2) is 10.2 Å². The summed E-state index contributed by atoms with van der Waals surface area (Å²) in [5.41, 5.74) is 15.8. The Morgan fingerprint density at radius 1 is 0.882 bits per heavy atom. The van der Waals surface area contributed by atoms with Gasteiger partial charge >= 0.3 is 0 Å². The fraction of sp³-hybridized carbons (Fsp3) is 0. The van der Waals surface area contributed by atoms with Crippen LogP contribution in [0.25, 0.3) is 22.2 Å². The molecule has 84 valence electrons. The molecule has 0 spiro atoms. The molecule has 0 saturated heterocycles. The lowest BCUT2D eigenvalue weighted by Crippen LogP contribution is -1.85. The quantitative estimate of drug-likeness (QED) is 0.555. The third-order valence-corrected chi connectivity index (χ3v) is 2.77. The molecule has 17 heavy (non-hydrogen) atoms. The van der Waals surface area contributed by atoms with E-state index in [9.17, 15) is 0 Å². The number of nitrogens with two attached hydrogens (primary N) is 2. The minimum Gasteiger partial charge on any atom is -0.399 e. The van der Waals surface area contributed by atoms with Crippen molar-refractivity contribution in [2.75, 3.05) is 11.5 Å². The number of anilines is 2. The van der Waals surface area contributed by atoms with Gasteiger partial charge in [0.2, 0.25) is 0 Å². The molecular weight excluding hydrogens is 212 g/mol. The lowest BCUT2D eigenvalue weighted by Gasteiger charge is -1.99. The number of nitrogen functional groups attached to an aromatic ring is 2. The molecule has 1 heterocycles. The summed E-state index contributed by atoms with van der Waals surface area (Å²) in [5, 5.41) is 8.36. The van der Waals surface area contributed by atoms with Gasteiger partial charge in [0.1, 0.15) is 0 Å². The van der Waals surface area contributed by atoms with Crippen molar-refractivity contribution in [3.8, 4) is 11.3 Å². The average molecular weight is 224 g/mol. The number of nitrogens with one attached hydrogen (secondary N) is 1. The second kappa shape index (κ2) is 3.52. The molecule has 0 bridgehead atoms. The molecule has 1 aromatic heterocycles. The topological polar surface area (TPSA) is 80.7 Å². The summed E-state index contributed by atoms with van der Waals surface area (Å²) in [4.78, 5) is 0. The molecule has 0 amide bonds. The van der Waals surface area contributed by atoms with Crippen LogP contribution in [0.5, 0.6) is 0 Å². The summed E-state index contributed by atoms with van der Waals surface area (Å²) < 4.78 is 0. The van der Waals surface area contributed by atoms with Gasteiger partial charge < -0.3 is 11.5 Å². The smallest absolute Gasteiger partial charge is 0.0999 e. The third-order valence-electron chi connectivity index (χ3n) is 2.77. The van der Waals surface area contributed by atoms with E-state index in [0.29, 0.717) is 0 Å². The monoisotopic (exact) mass is 224 g/mol. The van der Waals surface area contributed by atoms with Gasteiger partial charge in [0.05, 0.1) is 11.2 Å². The van der Waals surface area contributed by atoms with Crippen LogP contribution in [-0.2, 0) is 0 Å². The van der Waals surface area contributed by atoms with Gasteiger partial charge in [0.25, 0.3) is 0 Å². The zero-order valence-electron chi connectivity index (χ0n) is 9.14. The molecule has 0 aliphatic rings. The maximum absolute atomic E-state index is 5.73. The van der Waals surface area contributed by atoms with Crippen molar-refractivity contribution < 1.29 is 0 Å². The first-order valence-corrected chi connectivity index (χ1v) is 5.33. The van der Waals surface area contributed by atoms with Crippen LogP contribution >= 0.6 is 0 Å². The Morgan fingerprint density at radius 3 is 2.35 bits per heavy atom. The van der Waals surface area contributed by atoms with Gasteiger partial charge in [-0.3, -0.25) is 5.10 Å². The summed E-state index contributed by atoms with van der Waals surface area (Å²) in [7, 11) is 0. The van der Waals surface area contributed by atoms with Gasteiger partial charge in [-0.2, -0.15) is 5.10 Å². The van der Waals surface area contributed by atoms with Crippen molar-refractivity contribution in [3.05, 3.63) is 42.5 Å². The summed E-state index contributed by atoms with van der Waals surface area (Å²) in [5.74, 6) is 0. The standard InChI is InChI=1S/C13H12N4/c14-9-3-1-8(2-4-9)13-11-6-5-10(15)7-12(11)16-17-13/h1-7H,14-15H2,(H,16,17). The van der Waals surface area contributed by atoms with Gasteiger partial charge in [0, 0.05) is 22.3 Å². The van der Waals surface area contributed by atoms with E-state index in [0.717, 1.165) is 33.5 Å². The molecule has 0 aliphatic carbocycles. The highest BCUT2D eigenvalue weighted by Crippen LogP contribution is 2.27. The Hall–Kier alpha value is -2.49. The van der Waals surface area contributed by atoms with Crippen molar-refractivity contribution in [3.63, 3.8) is 0 Å². The molecule has 2 aromatic carbocycles. The second-order valence-corrected chi connectivity index (χ2v) is 4.00. The van der Waals surface area contributed by atoms with Crippen molar-refractivity contribution in [2.24, 2.45) is 0 Å². The summed E-state index contributed by atoms with van der Waals surface area (Å²) in [6.45, 7) is 0. The summed E-state index contributed by atoms with van der Waals surface area (Å²) in [6.07, 6.45) is 0. The SMILES string of the molecule is Nc1ccc(-c2n[nH]c3cc(N)ccc23)cc1. The largest absolute Gasteiger partial charge is 0.399 e. The van der Waals surface area contributed by atoms with Crippen LogP contribution < -0.4 is 11.5 Å². The van der Waals surface area contributed by atoms with E-state index in [1.54, 1.807) is 0 Å². The van der Waals surface area contributed by atoms with Gasteiger partial charge in [0.15, 0.2) is 0 Å².